The van der Waals surface area contributed by atoms with Crippen molar-refractivity contribution in [2.45, 2.75) is 51.1 Å². The summed E-state index contributed by atoms with van der Waals surface area (Å²) < 4.78 is 7.63. The molecule has 4 aromatic heterocycles. The summed E-state index contributed by atoms with van der Waals surface area (Å²) in [5, 5.41) is 7.39. The number of nitrogens with zero attached hydrogens (tertiary/aromatic N) is 4. The van der Waals surface area contributed by atoms with E-state index in [0.29, 0.717) is 11.8 Å². The largest absolute Gasteiger partial charge is 0.480 e. The number of amides is 1. The number of nitrogens with one attached hydrogen (secondary N) is 3. The molecule has 166 valence electrons. The SMILES string of the molecule is COc1nc(NC2CCC(C)(NC(C)=O)CC2)nc2[nH]cc(-c3ccc4nccn4c3)c12. The lowest BCUT2D eigenvalue weighted by atomic mass is 9.81. The standard InChI is InChI=1S/C23H27N7O2/c1-14(31)29-23(2)8-6-16(7-9-23)26-22-27-20-19(21(28-22)32-3)17(12-25-20)15-4-5-18-24-10-11-30(18)13-15/h4-5,10-13,16H,6-9H2,1-3H3,(H,29,31)(H2,25,26,27,28). The van der Waals surface area contributed by atoms with Crippen LogP contribution in [0.1, 0.15) is 39.5 Å². The van der Waals surface area contributed by atoms with Gasteiger partial charge in [-0.2, -0.15) is 9.97 Å². The number of hydrogen-bond donors (Lipinski definition) is 3. The summed E-state index contributed by atoms with van der Waals surface area (Å²) >= 11 is 0. The van der Waals surface area contributed by atoms with E-state index in [1.54, 1.807) is 20.2 Å². The quantitative estimate of drug-likeness (QED) is 0.444. The van der Waals surface area contributed by atoms with Crippen molar-refractivity contribution < 1.29 is 9.53 Å². The topological polar surface area (TPSA) is 109 Å². The maximum atomic E-state index is 11.5. The van der Waals surface area contributed by atoms with Crippen molar-refractivity contribution in [2.75, 3.05) is 12.4 Å². The van der Waals surface area contributed by atoms with Crippen molar-refractivity contribution in [2.24, 2.45) is 0 Å². The molecule has 1 fully saturated rings. The van der Waals surface area contributed by atoms with Gasteiger partial charge in [0, 0.05) is 54.4 Å². The van der Waals surface area contributed by atoms with Gasteiger partial charge in [0.15, 0.2) is 0 Å². The molecule has 1 aliphatic carbocycles. The van der Waals surface area contributed by atoms with Gasteiger partial charge in [-0.3, -0.25) is 4.79 Å². The van der Waals surface area contributed by atoms with Gasteiger partial charge in [0.05, 0.1) is 12.5 Å². The highest BCUT2D eigenvalue weighted by molar-refractivity contribution is 5.97. The van der Waals surface area contributed by atoms with Crippen LogP contribution in [0.2, 0.25) is 0 Å². The first-order valence-electron chi connectivity index (χ1n) is 10.9. The van der Waals surface area contributed by atoms with E-state index in [1.807, 2.05) is 35.1 Å². The Balaban J connectivity index is 1.40. The molecule has 32 heavy (non-hydrogen) atoms. The molecule has 0 aliphatic heterocycles. The predicted molar refractivity (Wildman–Crippen MR) is 123 cm³/mol. The second-order valence-corrected chi connectivity index (χ2v) is 8.75. The molecule has 4 aromatic rings. The number of rotatable bonds is 5. The van der Waals surface area contributed by atoms with Gasteiger partial charge in [0.2, 0.25) is 17.7 Å². The van der Waals surface area contributed by atoms with Crippen molar-refractivity contribution in [3.63, 3.8) is 0 Å². The van der Waals surface area contributed by atoms with E-state index in [9.17, 15) is 4.79 Å². The zero-order valence-electron chi connectivity index (χ0n) is 18.5. The van der Waals surface area contributed by atoms with E-state index in [1.165, 1.54) is 0 Å². The highest BCUT2D eigenvalue weighted by Gasteiger charge is 2.32. The molecule has 0 radical (unpaired) electrons. The van der Waals surface area contributed by atoms with Gasteiger partial charge < -0.3 is 24.8 Å². The Kier molecular flexibility index (Phi) is 4.96. The van der Waals surface area contributed by atoms with E-state index >= 15 is 0 Å². The molecule has 0 aromatic carbocycles. The number of aromatic amines is 1. The molecular formula is C23H27N7O2. The lowest BCUT2D eigenvalue weighted by Gasteiger charge is -2.38. The lowest BCUT2D eigenvalue weighted by Crippen LogP contribution is -2.49. The third kappa shape index (κ3) is 3.74. The molecule has 9 nitrogen and oxygen atoms in total. The fraction of sp³-hybridized carbons (Fsp3) is 0.391. The Hall–Kier alpha value is -3.62. The summed E-state index contributed by atoms with van der Waals surface area (Å²) in [6.07, 6.45) is 11.3. The van der Waals surface area contributed by atoms with Crippen LogP contribution >= 0.6 is 0 Å². The van der Waals surface area contributed by atoms with Crippen LogP contribution in [-0.4, -0.2) is 48.9 Å². The van der Waals surface area contributed by atoms with Gasteiger partial charge >= 0.3 is 0 Å². The lowest BCUT2D eigenvalue weighted by molar-refractivity contribution is -0.121. The van der Waals surface area contributed by atoms with Crippen molar-refractivity contribution in [3.8, 4) is 17.0 Å². The molecule has 9 heteroatoms. The van der Waals surface area contributed by atoms with Crippen LogP contribution in [0.15, 0.2) is 36.9 Å². The predicted octanol–water partition coefficient (Wildman–Crippen LogP) is 3.53. The van der Waals surface area contributed by atoms with Crippen molar-refractivity contribution in [1.29, 1.82) is 0 Å². The molecule has 0 unspecified atom stereocenters. The average molecular weight is 434 g/mol. The smallest absolute Gasteiger partial charge is 0.228 e. The molecule has 3 N–H and O–H groups in total. The summed E-state index contributed by atoms with van der Waals surface area (Å²) in [5.74, 6) is 1.09. The number of anilines is 1. The van der Waals surface area contributed by atoms with E-state index in [4.69, 9.17) is 9.72 Å². The van der Waals surface area contributed by atoms with Crippen LogP contribution in [0.3, 0.4) is 0 Å². The number of aromatic nitrogens is 5. The normalized spacial score (nSPS) is 21.0. The summed E-state index contributed by atoms with van der Waals surface area (Å²) in [6.45, 7) is 3.68. The van der Waals surface area contributed by atoms with Crippen LogP contribution in [0.4, 0.5) is 5.95 Å². The molecule has 0 saturated heterocycles. The monoisotopic (exact) mass is 433 g/mol. The van der Waals surface area contributed by atoms with Gasteiger partial charge in [0.25, 0.3) is 0 Å². The molecule has 1 amide bonds. The highest BCUT2D eigenvalue weighted by Crippen LogP contribution is 2.35. The van der Waals surface area contributed by atoms with Crippen LogP contribution in [0, 0.1) is 0 Å². The number of ether oxygens (including phenoxy) is 1. The number of methoxy groups -OCH3 is 1. The van der Waals surface area contributed by atoms with E-state index in [2.05, 4.69) is 32.5 Å². The fourth-order valence-corrected chi connectivity index (χ4v) is 4.65. The third-order valence-corrected chi connectivity index (χ3v) is 6.29. The maximum absolute atomic E-state index is 11.5. The minimum absolute atomic E-state index is 0.0205. The first-order valence-corrected chi connectivity index (χ1v) is 10.9. The van der Waals surface area contributed by atoms with Crippen molar-refractivity contribution in [3.05, 3.63) is 36.9 Å². The third-order valence-electron chi connectivity index (χ3n) is 6.29. The molecule has 5 rings (SSSR count). The number of H-pyrrole nitrogens is 1. The first kappa shape index (κ1) is 20.3. The molecule has 4 heterocycles. The van der Waals surface area contributed by atoms with E-state index in [0.717, 1.165) is 53.5 Å². The van der Waals surface area contributed by atoms with Crippen molar-refractivity contribution >= 4 is 28.5 Å². The van der Waals surface area contributed by atoms with Crippen LogP contribution in [-0.2, 0) is 4.79 Å². The van der Waals surface area contributed by atoms with E-state index in [-0.39, 0.29) is 17.5 Å². The average Bonchev–Trinajstić information content (AvgIpc) is 3.40. The number of carbonyl (C=O) groups excluding carboxylic acids is 1. The van der Waals surface area contributed by atoms with Gasteiger partial charge in [-0.1, -0.05) is 0 Å². The Morgan fingerprint density at radius 3 is 2.84 bits per heavy atom. The minimum Gasteiger partial charge on any atom is -0.480 e. The van der Waals surface area contributed by atoms with Crippen LogP contribution in [0.5, 0.6) is 5.88 Å². The van der Waals surface area contributed by atoms with Gasteiger partial charge in [-0.15, -0.1) is 0 Å². The first-order chi connectivity index (χ1) is 15.4. The zero-order chi connectivity index (χ0) is 22.3. The van der Waals surface area contributed by atoms with Gasteiger partial charge in [-0.25, -0.2) is 4.98 Å². The Morgan fingerprint density at radius 2 is 2.09 bits per heavy atom. The molecule has 0 spiro atoms. The highest BCUT2D eigenvalue weighted by atomic mass is 16.5. The van der Waals surface area contributed by atoms with Crippen LogP contribution < -0.4 is 15.4 Å². The van der Waals surface area contributed by atoms with Gasteiger partial charge in [-0.05, 0) is 44.7 Å². The Labute approximate surface area is 185 Å². The molecule has 0 bridgehead atoms. The zero-order valence-corrected chi connectivity index (χ0v) is 18.5. The minimum atomic E-state index is -0.142. The van der Waals surface area contributed by atoms with Crippen molar-refractivity contribution in [1.82, 2.24) is 29.7 Å². The summed E-state index contributed by atoms with van der Waals surface area (Å²) in [6, 6.07) is 4.26. The summed E-state index contributed by atoms with van der Waals surface area (Å²) in [7, 11) is 1.63. The van der Waals surface area contributed by atoms with E-state index < -0.39 is 0 Å². The number of imidazole rings is 1. The molecular weight excluding hydrogens is 406 g/mol. The molecule has 1 aliphatic rings. The second kappa shape index (κ2) is 7.81. The maximum Gasteiger partial charge on any atom is 0.228 e. The van der Waals surface area contributed by atoms with Gasteiger partial charge in [0.1, 0.15) is 11.3 Å². The molecule has 1 saturated carbocycles. The second-order valence-electron chi connectivity index (χ2n) is 8.75. The number of fused-ring (bicyclic) bond motifs is 2. The number of hydrogen-bond acceptors (Lipinski definition) is 6. The Bertz CT molecular complexity index is 1280. The fourth-order valence-electron chi connectivity index (χ4n) is 4.65. The number of pyridine rings is 1. The number of carbonyl (C=O) groups is 1. The summed E-state index contributed by atoms with van der Waals surface area (Å²) in [4.78, 5) is 28.4. The Morgan fingerprint density at radius 1 is 1.28 bits per heavy atom. The van der Waals surface area contributed by atoms with Crippen LogP contribution in [0.25, 0.3) is 27.8 Å². The summed E-state index contributed by atoms with van der Waals surface area (Å²) in [5.41, 5.74) is 3.47. The molecule has 0 atom stereocenters.